The molecule has 0 radical (unpaired) electrons. The smallest absolute Gasteiger partial charge is 0.463 e. The number of anilines is 2. The van der Waals surface area contributed by atoms with Crippen molar-refractivity contribution in [2.45, 2.75) is 171 Å². The van der Waals surface area contributed by atoms with Crippen molar-refractivity contribution in [1.29, 1.82) is 0 Å². The first-order chi connectivity index (χ1) is 41.8. The fourth-order valence-electron chi connectivity index (χ4n) is 9.15. The van der Waals surface area contributed by atoms with Crippen molar-refractivity contribution in [2.24, 2.45) is 16.1 Å². The number of benzene rings is 2. The van der Waals surface area contributed by atoms with Crippen LogP contribution in [-0.4, -0.2) is 174 Å². The number of hydrogen-bond donors (Lipinski definition) is 1. The molecule has 1 saturated heterocycles. The fraction of sp³-hybridized carbons (Fsp3) is 0.632. The van der Waals surface area contributed by atoms with Crippen LogP contribution in [0.2, 0.25) is 0 Å². The normalized spacial score (nSPS) is 17.1. The summed E-state index contributed by atoms with van der Waals surface area (Å²) in [7, 11) is -4.65. The van der Waals surface area contributed by atoms with Gasteiger partial charge in [-0.05, 0) is 118 Å². The molecule has 31 heteroatoms. The van der Waals surface area contributed by atoms with Gasteiger partial charge in [-0.25, -0.2) is 19.6 Å². The number of non-ortho nitro benzene ring substituents is 1. The summed E-state index contributed by atoms with van der Waals surface area (Å²) in [6, 6.07) is 13.4. The van der Waals surface area contributed by atoms with E-state index in [-0.39, 0.29) is 56.7 Å². The zero-order valence-corrected chi connectivity index (χ0v) is 55.2. The first-order valence-electron chi connectivity index (χ1n) is 29.4. The number of imidazole rings is 1. The zero-order chi connectivity index (χ0) is 64.3. The number of azo groups is 1. The number of nitro benzene ring substituents is 1. The summed E-state index contributed by atoms with van der Waals surface area (Å²) in [4.78, 5) is 50.4. The lowest BCUT2D eigenvalue weighted by Gasteiger charge is -2.39. The van der Waals surface area contributed by atoms with E-state index in [1.807, 2.05) is 99.7 Å². The molecule has 5 atom stereocenters. The Labute approximate surface area is 516 Å². The Morgan fingerprint density at radius 2 is 1.45 bits per heavy atom. The molecule has 486 valence electrons. The van der Waals surface area contributed by atoms with Gasteiger partial charge < -0.3 is 65.4 Å². The summed E-state index contributed by atoms with van der Waals surface area (Å²) < 4.78 is 83.2. The number of nitrogens with zero attached hydrogens (tertiary/aromatic N) is 12. The van der Waals surface area contributed by atoms with E-state index < -0.39 is 83.3 Å². The van der Waals surface area contributed by atoms with E-state index in [4.69, 9.17) is 65.1 Å². The van der Waals surface area contributed by atoms with Crippen molar-refractivity contribution in [3.63, 3.8) is 0 Å². The van der Waals surface area contributed by atoms with Gasteiger partial charge in [0.25, 0.3) is 20.7 Å². The van der Waals surface area contributed by atoms with Crippen LogP contribution in [0.4, 0.5) is 28.6 Å². The van der Waals surface area contributed by atoms with Crippen LogP contribution in [0.25, 0.3) is 11.2 Å². The number of carbonyl (C=O) groups excluding carboxylic acids is 2. The minimum atomic E-state index is -4.35. The topological polar surface area (TPSA) is 306 Å². The summed E-state index contributed by atoms with van der Waals surface area (Å²) in [5, 5.41) is 32.1. The van der Waals surface area contributed by atoms with Crippen molar-refractivity contribution >= 4 is 69.2 Å². The highest BCUT2D eigenvalue weighted by molar-refractivity contribution is 7.44. The Bertz CT molecular complexity index is 2950. The SMILES string of the molecule is CCN(CCn1cc(C(C)(C)O[Si](OC[C@H]2O[C@@H](n3cnc4c(NCC(C)C)ncnc43)[C@H](OC(OCCOC(C)=O)OCCOC(C)=O)[C@@H]2OP(OC)N(C(C)C)C(C)C)(OC(C)C)OC(C)C)nn1)c1ccc(N=Nc2ccc([N+](=O)[O-])cc2)cc1. The molecule has 5 aromatic rings. The Balaban J connectivity index is 1.33. The number of esters is 2. The molecule has 0 bridgehead atoms. The van der Waals surface area contributed by atoms with Crippen LogP contribution in [0.1, 0.15) is 116 Å². The van der Waals surface area contributed by atoms with Gasteiger partial charge in [-0.3, -0.25) is 29.0 Å². The van der Waals surface area contributed by atoms with Crippen LogP contribution in [0.15, 0.2) is 77.6 Å². The van der Waals surface area contributed by atoms with Crippen LogP contribution < -0.4 is 10.2 Å². The molecule has 1 fully saturated rings. The number of hydrogen-bond acceptors (Lipinski definition) is 26. The molecule has 6 rings (SSSR count). The van der Waals surface area contributed by atoms with Crippen molar-refractivity contribution in [3.05, 3.63) is 83.2 Å². The van der Waals surface area contributed by atoms with Crippen LogP contribution in [-0.2, 0) is 76.9 Å². The predicted octanol–water partition coefficient (Wildman–Crippen LogP) is 9.69. The first-order valence-corrected chi connectivity index (χ1v) is 32.2. The van der Waals surface area contributed by atoms with E-state index in [9.17, 15) is 19.7 Å². The number of likely N-dealkylation sites (N-methyl/N-ethyl adjacent to an activating group) is 1. The maximum atomic E-state index is 11.8. The van der Waals surface area contributed by atoms with E-state index in [1.54, 1.807) is 34.8 Å². The Hall–Kier alpha value is -6.12. The average Bonchev–Trinajstić information content (AvgIpc) is 1.74. The monoisotopic (exact) mass is 1270 g/mol. The van der Waals surface area contributed by atoms with Gasteiger partial charge in [0.15, 0.2) is 23.2 Å². The lowest BCUT2D eigenvalue weighted by molar-refractivity contribution is -0.384. The summed E-state index contributed by atoms with van der Waals surface area (Å²) in [5.74, 6) is -0.220. The largest absolute Gasteiger partial charge is 0.681 e. The molecule has 2 aromatic carbocycles. The van der Waals surface area contributed by atoms with Gasteiger partial charge in [0, 0.05) is 82.7 Å². The summed E-state index contributed by atoms with van der Waals surface area (Å²) in [6.07, 6.45) is -0.486. The number of nitrogens with one attached hydrogen (secondary N) is 1. The number of ether oxygens (including phenoxy) is 6. The number of fused-ring (bicyclic) bond motifs is 1. The van der Waals surface area contributed by atoms with Gasteiger partial charge in [-0.15, -0.1) is 5.10 Å². The molecule has 0 spiro atoms. The third-order valence-corrected chi connectivity index (χ3v) is 17.9. The lowest BCUT2D eigenvalue weighted by Crippen LogP contribution is -2.57. The average molecular weight is 1270 g/mol. The minimum absolute atomic E-state index is 0.0228. The number of rotatable bonds is 38. The number of aromatic nitrogens is 7. The maximum absolute atomic E-state index is 11.8. The van der Waals surface area contributed by atoms with E-state index in [1.165, 1.54) is 32.3 Å². The molecule has 1 aliphatic rings. The molecule has 1 unspecified atom stereocenters. The number of carbonyl (C=O) groups is 2. The van der Waals surface area contributed by atoms with Crippen LogP contribution in [0.3, 0.4) is 0 Å². The summed E-state index contributed by atoms with van der Waals surface area (Å²) in [5.41, 5.74) is 2.15. The van der Waals surface area contributed by atoms with Gasteiger partial charge >= 0.3 is 21.0 Å². The van der Waals surface area contributed by atoms with Crippen LogP contribution in [0, 0.1) is 16.0 Å². The Kier molecular flexibility index (Phi) is 27.1. The third kappa shape index (κ3) is 20.7. The molecular weight excluding hydrogens is 1180 g/mol. The van der Waals surface area contributed by atoms with Crippen molar-refractivity contribution < 1.29 is 69.7 Å². The molecule has 0 saturated carbocycles. The lowest BCUT2D eigenvalue weighted by atomic mass is 10.1. The molecule has 29 nitrogen and oxygen atoms in total. The van der Waals surface area contributed by atoms with Crippen molar-refractivity contribution in [2.75, 3.05) is 70.0 Å². The van der Waals surface area contributed by atoms with Gasteiger partial charge in [0.1, 0.15) is 49.1 Å². The second kappa shape index (κ2) is 33.6. The molecule has 3 aromatic heterocycles. The molecular formula is C57H88N13O16PSi. The van der Waals surface area contributed by atoms with Gasteiger partial charge in [0.05, 0.1) is 55.2 Å². The highest BCUT2D eigenvalue weighted by Crippen LogP contribution is 2.51. The fourth-order valence-corrected chi connectivity index (χ4v) is 13.4. The zero-order valence-electron chi connectivity index (χ0n) is 53.3. The van der Waals surface area contributed by atoms with Crippen molar-refractivity contribution in [3.8, 4) is 0 Å². The molecule has 88 heavy (non-hydrogen) atoms. The predicted molar refractivity (Wildman–Crippen MR) is 327 cm³/mol. The van der Waals surface area contributed by atoms with Gasteiger partial charge in [-0.1, -0.05) is 19.1 Å². The van der Waals surface area contributed by atoms with E-state index in [0.29, 0.717) is 60.2 Å². The second-order valence-electron chi connectivity index (χ2n) is 22.4. The third-order valence-electron chi connectivity index (χ3n) is 13.0. The van der Waals surface area contributed by atoms with Crippen LogP contribution >= 0.6 is 8.53 Å². The first kappa shape index (κ1) is 71.0. The maximum Gasteiger partial charge on any atom is 0.681 e. The number of nitro groups is 1. The Morgan fingerprint density at radius 1 is 0.852 bits per heavy atom. The molecule has 0 aliphatic carbocycles. The minimum Gasteiger partial charge on any atom is -0.463 e. The highest BCUT2D eigenvalue weighted by Gasteiger charge is 2.57. The van der Waals surface area contributed by atoms with Gasteiger partial charge in [0.2, 0.25) is 0 Å². The highest BCUT2D eigenvalue weighted by atomic mass is 31.2. The molecule has 4 heterocycles. The summed E-state index contributed by atoms with van der Waals surface area (Å²) >= 11 is 0. The van der Waals surface area contributed by atoms with Gasteiger partial charge in [-0.2, -0.15) is 10.2 Å². The molecule has 1 aliphatic heterocycles. The Morgan fingerprint density at radius 3 is 1.99 bits per heavy atom. The van der Waals surface area contributed by atoms with E-state index in [2.05, 4.69) is 61.2 Å². The van der Waals surface area contributed by atoms with Crippen LogP contribution in [0.5, 0.6) is 0 Å². The quantitative estimate of drug-likeness (QED) is 0.00561. The second-order valence-corrected chi connectivity index (χ2v) is 25.9. The van der Waals surface area contributed by atoms with Crippen molar-refractivity contribution in [1.82, 2.24) is 39.2 Å². The van der Waals surface area contributed by atoms with E-state index in [0.717, 1.165) is 5.69 Å². The summed E-state index contributed by atoms with van der Waals surface area (Å²) in [6.45, 7) is 28.1. The van der Waals surface area contributed by atoms with E-state index >= 15 is 0 Å². The standard InChI is InChI=1S/C57H88N13O16PSi/c1-17-66(46-22-18-44(19-23-46)62-63-45-20-24-47(25-21-45)70(73)74)26-27-67-33-49(64-65-67)57(14,15)86-88(84-40(8)9,85-41(10)11)80-34-48-51(83-87(75-16)69(38(4)5)39(6)7)52(82-56(78-30-28-76-42(12)71)79-31-29-77-43(13)72)55(81-48)68-36-61-50-53(58-32-37(2)3)59-35-60-54(50)68/h18-25,33,35-41,48,51-52,55-56H,17,26-32,34H2,1-16H3,(H,58,59,60)/t48-,51-,52-,55-,87?/m1/s1. The molecule has 1 N–H and O–H groups in total. The molecule has 0 amide bonds.